The highest BCUT2D eigenvalue weighted by molar-refractivity contribution is 7.10. The molecule has 3 amide bonds. The molecule has 2 rings (SSSR count). The normalized spacial score (nSPS) is 13.1. The molecular formula is C18H23N3O2S. The van der Waals surface area contributed by atoms with Crippen molar-refractivity contribution in [1.29, 1.82) is 0 Å². The second-order valence-corrected chi connectivity index (χ2v) is 6.91. The number of carbonyl (C=O) groups is 2. The molecule has 0 aliphatic rings. The maximum atomic E-state index is 12.4. The Balaban J connectivity index is 2.05. The van der Waals surface area contributed by atoms with E-state index < -0.39 is 12.1 Å². The van der Waals surface area contributed by atoms with E-state index in [1.807, 2.05) is 38.3 Å². The molecule has 24 heavy (non-hydrogen) atoms. The highest BCUT2D eigenvalue weighted by Gasteiger charge is 2.20. The predicted molar refractivity (Wildman–Crippen MR) is 96.9 cm³/mol. The first-order valence-electron chi connectivity index (χ1n) is 7.82. The van der Waals surface area contributed by atoms with Gasteiger partial charge in [0.1, 0.15) is 0 Å². The van der Waals surface area contributed by atoms with E-state index in [1.54, 1.807) is 0 Å². The molecular weight excluding hydrogens is 322 g/mol. The first kappa shape index (κ1) is 18.0. The minimum Gasteiger partial charge on any atom is -0.352 e. The summed E-state index contributed by atoms with van der Waals surface area (Å²) >= 11 is 1.48. The lowest BCUT2D eigenvalue weighted by Crippen LogP contribution is -2.37. The monoisotopic (exact) mass is 345 g/mol. The van der Waals surface area contributed by atoms with Crippen LogP contribution in [0.5, 0.6) is 0 Å². The molecule has 128 valence electrons. The minimum atomic E-state index is -0.635. The molecule has 0 radical (unpaired) electrons. The van der Waals surface area contributed by atoms with Crippen LogP contribution in [0.25, 0.3) is 0 Å². The van der Waals surface area contributed by atoms with Gasteiger partial charge in [-0.1, -0.05) is 29.8 Å². The van der Waals surface area contributed by atoms with Crippen LogP contribution in [0.4, 0.5) is 4.79 Å². The number of aryl methyl sites for hydroxylation is 2. The van der Waals surface area contributed by atoms with Gasteiger partial charge in [-0.25, -0.2) is 4.79 Å². The maximum absolute atomic E-state index is 12.4. The van der Waals surface area contributed by atoms with Gasteiger partial charge in [-0.15, -0.1) is 11.3 Å². The second-order valence-electron chi connectivity index (χ2n) is 5.93. The van der Waals surface area contributed by atoms with Crippen molar-refractivity contribution in [3.8, 4) is 0 Å². The van der Waals surface area contributed by atoms with E-state index in [9.17, 15) is 9.59 Å². The Hall–Kier alpha value is -2.34. The molecule has 2 aromatic rings. The molecule has 0 saturated heterocycles. The molecule has 0 aliphatic carbocycles. The standard InChI is InChI=1S/C18H23N3O2S/c1-11-6-7-12(2)14(9-11)13(3)20-17(22)10-15(21-18(19)23)16-5-4-8-24-16/h4-9,13,15H,10H2,1-3H3,(H,20,22)(H3,19,21,23)/t13-,15-/m1/s1. The topological polar surface area (TPSA) is 84.2 Å². The molecule has 0 saturated carbocycles. The first-order valence-corrected chi connectivity index (χ1v) is 8.70. The Morgan fingerprint density at radius 1 is 1.21 bits per heavy atom. The van der Waals surface area contributed by atoms with Crippen molar-refractivity contribution in [1.82, 2.24) is 10.6 Å². The van der Waals surface area contributed by atoms with Crippen molar-refractivity contribution in [2.24, 2.45) is 5.73 Å². The van der Waals surface area contributed by atoms with Gasteiger partial charge in [-0.2, -0.15) is 0 Å². The maximum Gasteiger partial charge on any atom is 0.312 e. The van der Waals surface area contributed by atoms with Gasteiger partial charge in [-0.3, -0.25) is 4.79 Å². The fraction of sp³-hybridized carbons (Fsp3) is 0.333. The van der Waals surface area contributed by atoms with Gasteiger partial charge in [0.25, 0.3) is 0 Å². The highest BCUT2D eigenvalue weighted by Crippen LogP contribution is 2.23. The lowest BCUT2D eigenvalue weighted by molar-refractivity contribution is -0.122. The Kier molecular flexibility index (Phi) is 5.98. The van der Waals surface area contributed by atoms with Gasteiger partial charge in [0, 0.05) is 4.88 Å². The van der Waals surface area contributed by atoms with Crippen LogP contribution < -0.4 is 16.4 Å². The van der Waals surface area contributed by atoms with Crippen LogP contribution in [-0.4, -0.2) is 11.9 Å². The average Bonchev–Trinajstić information content (AvgIpc) is 3.02. The van der Waals surface area contributed by atoms with Crippen LogP contribution in [0.3, 0.4) is 0 Å². The zero-order valence-electron chi connectivity index (χ0n) is 14.1. The van der Waals surface area contributed by atoms with Gasteiger partial charge >= 0.3 is 6.03 Å². The number of hydrogen-bond acceptors (Lipinski definition) is 3. The fourth-order valence-corrected chi connectivity index (χ4v) is 3.45. The molecule has 0 spiro atoms. The molecule has 0 unspecified atom stereocenters. The lowest BCUT2D eigenvalue weighted by Gasteiger charge is -2.20. The van der Waals surface area contributed by atoms with Crippen LogP contribution in [-0.2, 0) is 4.79 Å². The Labute approximate surface area is 146 Å². The molecule has 2 atom stereocenters. The molecule has 1 aromatic carbocycles. The largest absolute Gasteiger partial charge is 0.352 e. The van der Waals surface area contributed by atoms with E-state index in [0.717, 1.165) is 21.6 Å². The molecule has 0 bridgehead atoms. The van der Waals surface area contributed by atoms with Crippen molar-refractivity contribution in [3.05, 3.63) is 57.3 Å². The summed E-state index contributed by atoms with van der Waals surface area (Å²) in [5.41, 5.74) is 8.62. The SMILES string of the molecule is Cc1ccc(C)c([C@@H](C)NC(=O)C[C@@H](NC(N)=O)c2cccs2)c1. The van der Waals surface area contributed by atoms with Gasteiger partial charge < -0.3 is 16.4 Å². The van der Waals surface area contributed by atoms with Crippen LogP contribution >= 0.6 is 11.3 Å². The van der Waals surface area contributed by atoms with Gasteiger partial charge in [0.15, 0.2) is 0 Å². The third kappa shape index (κ3) is 4.83. The van der Waals surface area contributed by atoms with Crippen LogP contribution in [0.1, 0.15) is 47.0 Å². The molecule has 0 fully saturated rings. The van der Waals surface area contributed by atoms with Crippen LogP contribution in [0, 0.1) is 13.8 Å². The number of thiophene rings is 1. The number of hydrogen-bond donors (Lipinski definition) is 3. The number of primary amides is 1. The van der Waals surface area contributed by atoms with E-state index in [4.69, 9.17) is 5.73 Å². The summed E-state index contributed by atoms with van der Waals surface area (Å²) in [5, 5.41) is 7.54. The summed E-state index contributed by atoms with van der Waals surface area (Å²) in [4.78, 5) is 24.5. The van der Waals surface area contributed by atoms with E-state index in [-0.39, 0.29) is 18.4 Å². The summed E-state index contributed by atoms with van der Waals surface area (Å²) in [6, 6.07) is 8.80. The molecule has 6 heteroatoms. The van der Waals surface area contributed by atoms with Gasteiger partial charge in [-0.05, 0) is 43.3 Å². The van der Waals surface area contributed by atoms with Crippen molar-refractivity contribution in [2.45, 2.75) is 39.3 Å². The molecule has 1 aromatic heterocycles. The Morgan fingerprint density at radius 3 is 2.58 bits per heavy atom. The molecule has 0 aliphatic heterocycles. The van der Waals surface area contributed by atoms with Crippen LogP contribution in [0.2, 0.25) is 0 Å². The first-order chi connectivity index (χ1) is 11.4. The minimum absolute atomic E-state index is 0.102. The third-order valence-corrected chi connectivity index (χ3v) is 4.86. The average molecular weight is 345 g/mol. The summed E-state index contributed by atoms with van der Waals surface area (Å²) in [6.45, 7) is 6.02. The Bertz CT molecular complexity index is 713. The number of benzene rings is 1. The fourth-order valence-electron chi connectivity index (χ4n) is 2.67. The Morgan fingerprint density at radius 2 is 1.96 bits per heavy atom. The summed E-state index contributed by atoms with van der Waals surface area (Å²) < 4.78 is 0. The summed E-state index contributed by atoms with van der Waals surface area (Å²) in [7, 11) is 0. The summed E-state index contributed by atoms with van der Waals surface area (Å²) in [5.74, 6) is -0.129. The van der Waals surface area contributed by atoms with E-state index in [0.29, 0.717) is 0 Å². The number of rotatable bonds is 6. The number of amides is 3. The van der Waals surface area contributed by atoms with Crippen molar-refractivity contribution < 1.29 is 9.59 Å². The van der Waals surface area contributed by atoms with E-state index in [2.05, 4.69) is 28.8 Å². The quantitative estimate of drug-likeness (QED) is 0.750. The number of urea groups is 1. The van der Waals surface area contributed by atoms with Gasteiger partial charge in [0.05, 0.1) is 18.5 Å². The van der Waals surface area contributed by atoms with E-state index >= 15 is 0 Å². The number of nitrogens with two attached hydrogens (primary N) is 1. The van der Waals surface area contributed by atoms with Crippen molar-refractivity contribution >= 4 is 23.3 Å². The number of nitrogens with one attached hydrogen (secondary N) is 2. The summed E-state index contributed by atoms with van der Waals surface area (Å²) in [6.07, 6.45) is 0.151. The predicted octanol–water partition coefficient (Wildman–Crippen LogP) is 3.34. The highest BCUT2D eigenvalue weighted by atomic mass is 32.1. The molecule has 4 N–H and O–H groups in total. The molecule has 5 nitrogen and oxygen atoms in total. The van der Waals surface area contributed by atoms with Crippen molar-refractivity contribution in [3.63, 3.8) is 0 Å². The third-order valence-electron chi connectivity index (χ3n) is 3.87. The van der Waals surface area contributed by atoms with Crippen molar-refractivity contribution in [2.75, 3.05) is 0 Å². The van der Waals surface area contributed by atoms with Crippen LogP contribution in [0.15, 0.2) is 35.7 Å². The number of carbonyl (C=O) groups excluding carboxylic acids is 2. The zero-order chi connectivity index (χ0) is 17.7. The zero-order valence-corrected chi connectivity index (χ0v) is 14.9. The molecule has 1 heterocycles. The second kappa shape index (κ2) is 7.97. The lowest BCUT2D eigenvalue weighted by atomic mass is 9.99. The van der Waals surface area contributed by atoms with E-state index in [1.165, 1.54) is 11.3 Å². The smallest absolute Gasteiger partial charge is 0.312 e. The van der Waals surface area contributed by atoms with Gasteiger partial charge in [0.2, 0.25) is 5.91 Å².